The summed E-state index contributed by atoms with van der Waals surface area (Å²) in [6, 6.07) is 0. The molecule has 0 aromatic heterocycles. The maximum atomic E-state index is 12.2. The van der Waals surface area contributed by atoms with Gasteiger partial charge in [-0.1, -0.05) is 30.4 Å². The first-order valence-electron chi connectivity index (χ1n) is 6.21. The summed E-state index contributed by atoms with van der Waals surface area (Å²) < 4.78 is 9.71. The van der Waals surface area contributed by atoms with E-state index in [2.05, 4.69) is 6.58 Å². The van der Waals surface area contributed by atoms with Gasteiger partial charge in [-0.25, -0.2) is 0 Å². The molecule has 0 aromatic carbocycles. The number of allylic oxidation sites excluding steroid dienone is 4. The Balaban J connectivity index is 2.58. The molecule has 0 bridgehead atoms. The van der Waals surface area contributed by atoms with Gasteiger partial charge in [-0.05, 0) is 18.9 Å². The molecule has 0 amide bonds. The maximum absolute atomic E-state index is 12.2. The standard InChI is InChI=1S/C15H18O4/c1-9(2)11-8-15(13(16)18-3,14(17)19-4)12-7-5-6-10(11)12/h5-6,8,10,12H,1,7H2,2-4H3/t10-,12-/m1/s1. The van der Waals surface area contributed by atoms with Crippen LogP contribution in [0.2, 0.25) is 0 Å². The number of carbonyl (C=O) groups excluding carboxylic acids is 2. The lowest BCUT2D eigenvalue weighted by Crippen LogP contribution is -2.44. The molecule has 0 fully saturated rings. The van der Waals surface area contributed by atoms with Crippen LogP contribution >= 0.6 is 0 Å². The highest BCUT2D eigenvalue weighted by Crippen LogP contribution is 2.53. The van der Waals surface area contributed by atoms with E-state index in [9.17, 15) is 9.59 Å². The average Bonchev–Trinajstić information content (AvgIpc) is 2.97. The molecular formula is C15H18O4. The second-order valence-electron chi connectivity index (χ2n) is 5.03. The zero-order chi connectivity index (χ0) is 14.2. The molecule has 0 aromatic rings. The van der Waals surface area contributed by atoms with Crippen molar-refractivity contribution < 1.29 is 19.1 Å². The summed E-state index contributed by atoms with van der Waals surface area (Å²) in [5.74, 6) is -1.25. The Kier molecular flexibility index (Phi) is 3.35. The molecule has 4 heteroatoms. The van der Waals surface area contributed by atoms with E-state index in [1.807, 2.05) is 19.1 Å². The minimum absolute atomic E-state index is 0.0377. The fourth-order valence-electron chi connectivity index (χ4n) is 3.14. The van der Waals surface area contributed by atoms with Crippen LogP contribution in [0.15, 0.2) is 36.0 Å². The third kappa shape index (κ3) is 1.74. The number of hydrogen-bond donors (Lipinski definition) is 0. The molecule has 4 nitrogen and oxygen atoms in total. The van der Waals surface area contributed by atoms with Crippen molar-refractivity contribution in [2.45, 2.75) is 13.3 Å². The molecule has 0 N–H and O–H groups in total. The van der Waals surface area contributed by atoms with Crippen molar-refractivity contribution in [3.05, 3.63) is 36.0 Å². The maximum Gasteiger partial charge on any atom is 0.327 e. The van der Waals surface area contributed by atoms with Crippen LogP contribution in [0.4, 0.5) is 0 Å². The van der Waals surface area contributed by atoms with Gasteiger partial charge >= 0.3 is 11.9 Å². The van der Waals surface area contributed by atoms with Crippen molar-refractivity contribution in [2.24, 2.45) is 17.3 Å². The van der Waals surface area contributed by atoms with E-state index >= 15 is 0 Å². The summed E-state index contributed by atoms with van der Waals surface area (Å²) in [5, 5.41) is 0. The second-order valence-corrected chi connectivity index (χ2v) is 5.03. The minimum Gasteiger partial charge on any atom is -0.468 e. The summed E-state index contributed by atoms with van der Waals surface area (Å²) in [4.78, 5) is 24.4. The Morgan fingerprint density at radius 2 is 1.89 bits per heavy atom. The lowest BCUT2D eigenvalue weighted by atomic mass is 9.75. The van der Waals surface area contributed by atoms with E-state index in [1.165, 1.54) is 14.2 Å². The Labute approximate surface area is 112 Å². The molecule has 0 unspecified atom stereocenters. The van der Waals surface area contributed by atoms with Gasteiger partial charge in [0.2, 0.25) is 0 Å². The van der Waals surface area contributed by atoms with E-state index in [0.717, 1.165) is 11.1 Å². The quantitative estimate of drug-likeness (QED) is 0.443. The molecule has 2 atom stereocenters. The van der Waals surface area contributed by atoms with Gasteiger partial charge in [-0.3, -0.25) is 9.59 Å². The van der Waals surface area contributed by atoms with Gasteiger partial charge in [-0.2, -0.15) is 0 Å². The number of esters is 2. The topological polar surface area (TPSA) is 52.6 Å². The minimum atomic E-state index is -1.34. The van der Waals surface area contributed by atoms with Crippen molar-refractivity contribution in [3.8, 4) is 0 Å². The Hall–Kier alpha value is -1.84. The fourth-order valence-corrected chi connectivity index (χ4v) is 3.14. The van der Waals surface area contributed by atoms with Crippen LogP contribution < -0.4 is 0 Å². The summed E-state index contributed by atoms with van der Waals surface area (Å²) >= 11 is 0. The Bertz CT molecular complexity index is 482. The number of fused-ring (bicyclic) bond motifs is 1. The van der Waals surface area contributed by atoms with E-state index < -0.39 is 17.4 Å². The van der Waals surface area contributed by atoms with Crippen molar-refractivity contribution in [1.82, 2.24) is 0 Å². The van der Waals surface area contributed by atoms with Crippen LogP contribution in [0.1, 0.15) is 13.3 Å². The van der Waals surface area contributed by atoms with Crippen LogP contribution in [0.25, 0.3) is 0 Å². The van der Waals surface area contributed by atoms with Gasteiger partial charge in [0, 0.05) is 11.8 Å². The molecule has 0 saturated carbocycles. The van der Waals surface area contributed by atoms with Crippen molar-refractivity contribution >= 4 is 11.9 Å². The predicted molar refractivity (Wildman–Crippen MR) is 70.1 cm³/mol. The second kappa shape index (κ2) is 4.68. The van der Waals surface area contributed by atoms with E-state index in [-0.39, 0.29) is 11.8 Å². The third-order valence-corrected chi connectivity index (χ3v) is 4.03. The molecule has 102 valence electrons. The third-order valence-electron chi connectivity index (χ3n) is 4.03. The number of carbonyl (C=O) groups is 2. The monoisotopic (exact) mass is 262 g/mol. The largest absolute Gasteiger partial charge is 0.468 e. The van der Waals surface area contributed by atoms with Gasteiger partial charge in [0.15, 0.2) is 5.41 Å². The number of ether oxygens (including phenoxy) is 2. The van der Waals surface area contributed by atoms with Gasteiger partial charge in [-0.15, -0.1) is 0 Å². The number of methoxy groups -OCH3 is 2. The lowest BCUT2D eigenvalue weighted by molar-refractivity contribution is -0.168. The number of hydrogen-bond acceptors (Lipinski definition) is 4. The zero-order valence-corrected chi connectivity index (χ0v) is 11.4. The molecule has 0 aliphatic heterocycles. The highest BCUT2D eigenvalue weighted by Gasteiger charge is 2.60. The van der Waals surface area contributed by atoms with Gasteiger partial charge in [0.25, 0.3) is 0 Å². The lowest BCUT2D eigenvalue weighted by Gasteiger charge is -2.28. The zero-order valence-electron chi connectivity index (χ0n) is 11.4. The fraction of sp³-hybridized carbons (Fsp3) is 0.467. The highest BCUT2D eigenvalue weighted by molar-refractivity contribution is 6.04. The van der Waals surface area contributed by atoms with Crippen molar-refractivity contribution in [2.75, 3.05) is 14.2 Å². The molecule has 0 spiro atoms. The van der Waals surface area contributed by atoms with E-state index in [1.54, 1.807) is 6.08 Å². The first-order chi connectivity index (χ1) is 8.98. The number of rotatable bonds is 3. The first kappa shape index (κ1) is 13.6. The SMILES string of the molecule is C=C(C)C1=CC(C(=O)OC)(C(=O)OC)[C@@H]2CC=C[C@H]12. The molecule has 2 aliphatic carbocycles. The highest BCUT2D eigenvalue weighted by atomic mass is 16.5. The normalized spacial score (nSPS) is 26.6. The Morgan fingerprint density at radius 1 is 1.32 bits per heavy atom. The van der Waals surface area contributed by atoms with Crippen LogP contribution in [0, 0.1) is 17.3 Å². The molecular weight excluding hydrogens is 244 g/mol. The van der Waals surface area contributed by atoms with Gasteiger partial charge in [0.1, 0.15) is 0 Å². The summed E-state index contributed by atoms with van der Waals surface area (Å²) in [6.45, 7) is 5.80. The molecule has 0 heterocycles. The Morgan fingerprint density at radius 3 is 2.37 bits per heavy atom. The van der Waals surface area contributed by atoms with E-state index in [0.29, 0.717) is 6.42 Å². The van der Waals surface area contributed by atoms with Crippen LogP contribution in [-0.2, 0) is 19.1 Å². The molecule has 19 heavy (non-hydrogen) atoms. The smallest absolute Gasteiger partial charge is 0.327 e. The molecule has 2 aliphatic rings. The molecule has 0 saturated heterocycles. The summed E-state index contributed by atoms with van der Waals surface area (Å²) in [5.41, 5.74) is 0.442. The van der Waals surface area contributed by atoms with Crippen LogP contribution in [0.5, 0.6) is 0 Å². The van der Waals surface area contributed by atoms with Crippen LogP contribution in [0.3, 0.4) is 0 Å². The molecule has 2 rings (SSSR count). The van der Waals surface area contributed by atoms with Crippen molar-refractivity contribution in [3.63, 3.8) is 0 Å². The van der Waals surface area contributed by atoms with Crippen molar-refractivity contribution in [1.29, 1.82) is 0 Å². The van der Waals surface area contributed by atoms with E-state index in [4.69, 9.17) is 9.47 Å². The van der Waals surface area contributed by atoms with Crippen LogP contribution in [-0.4, -0.2) is 26.2 Å². The average molecular weight is 262 g/mol. The first-order valence-corrected chi connectivity index (χ1v) is 6.21. The van der Waals surface area contributed by atoms with Gasteiger partial charge < -0.3 is 9.47 Å². The summed E-state index contributed by atoms with van der Waals surface area (Å²) in [7, 11) is 2.58. The summed E-state index contributed by atoms with van der Waals surface area (Å²) in [6.07, 6.45) is 6.36. The molecule has 0 radical (unpaired) electrons. The predicted octanol–water partition coefficient (Wildman–Crippen LogP) is 2.03. The van der Waals surface area contributed by atoms with Gasteiger partial charge in [0.05, 0.1) is 14.2 Å².